The van der Waals surface area contributed by atoms with Crippen molar-refractivity contribution in [1.29, 1.82) is 0 Å². The molecule has 0 saturated carbocycles. The third kappa shape index (κ3) is 2.57. The molecule has 1 heterocycles. The van der Waals surface area contributed by atoms with E-state index in [4.69, 9.17) is 4.74 Å². The van der Waals surface area contributed by atoms with Gasteiger partial charge in [0.05, 0.1) is 12.6 Å². The fourth-order valence-electron chi connectivity index (χ4n) is 2.56. The van der Waals surface area contributed by atoms with Crippen LogP contribution in [-0.4, -0.2) is 25.0 Å². The molecule has 0 radical (unpaired) electrons. The summed E-state index contributed by atoms with van der Waals surface area (Å²) >= 11 is 0. The second-order valence-corrected chi connectivity index (χ2v) is 5.11. The van der Waals surface area contributed by atoms with Crippen LogP contribution in [-0.2, 0) is 0 Å². The van der Waals surface area contributed by atoms with E-state index < -0.39 is 11.5 Å². The number of H-pyrrole nitrogens is 1. The molecule has 5 heteroatoms. The molecule has 3 aromatic rings. The number of aromatic nitrogens is 1. The number of nitrogens with zero attached hydrogens (tertiary/aromatic N) is 1. The van der Waals surface area contributed by atoms with E-state index in [1.807, 2.05) is 36.4 Å². The first-order chi connectivity index (χ1) is 11.1. The van der Waals surface area contributed by atoms with Crippen molar-refractivity contribution < 1.29 is 9.53 Å². The summed E-state index contributed by atoms with van der Waals surface area (Å²) in [7, 11) is 3.09. The third-order valence-electron chi connectivity index (χ3n) is 3.74. The number of carbonyl (C=O) groups excluding carboxylic acids is 1. The van der Waals surface area contributed by atoms with Crippen LogP contribution >= 0.6 is 0 Å². The van der Waals surface area contributed by atoms with Crippen molar-refractivity contribution in [2.24, 2.45) is 0 Å². The molecule has 0 fully saturated rings. The van der Waals surface area contributed by atoms with Crippen LogP contribution in [0.3, 0.4) is 0 Å². The van der Waals surface area contributed by atoms with E-state index in [1.54, 1.807) is 25.2 Å². The van der Waals surface area contributed by atoms with Gasteiger partial charge in [0.25, 0.3) is 11.5 Å². The highest BCUT2D eigenvalue weighted by atomic mass is 16.5. The van der Waals surface area contributed by atoms with E-state index in [0.29, 0.717) is 16.6 Å². The number of fused-ring (bicyclic) bond motifs is 1. The molecule has 3 rings (SSSR count). The molecule has 1 N–H and O–H groups in total. The summed E-state index contributed by atoms with van der Waals surface area (Å²) in [6.45, 7) is 0. The number of rotatable bonds is 3. The van der Waals surface area contributed by atoms with Gasteiger partial charge in [0.15, 0.2) is 0 Å². The number of anilines is 1. The van der Waals surface area contributed by atoms with Gasteiger partial charge in [-0.05, 0) is 24.3 Å². The van der Waals surface area contributed by atoms with E-state index in [0.717, 1.165) is 0 Å². The summed E-state index contributed by atoms with van der Waals surface area (Å²) in [6.07, 6.45) is 0. The first-order valence-electron chi connectivity index (χ1n) is 7.15. The number of benzene rings is 2. The predicted octanol–water partition coefficient (Wildman–Crippen LogP) is 2.81. The van der Waals surface area contributed by atoms with Crippen molar-refractivity contribution in [3.63, 3.8) is 0 Å². The number of aromatic amines is 1. The number of nitrogens with one attached hydrogen (secondary N) is 1. The van der Waals surface area contributed by atoms with Crippen LogP contribution in [0.5, 0.6) is 5.75 Å². The Bertz CT molecular complexity index is 916. The molecule has 0 saturated heterocycles. The van der Waals surface area contributed by atoms with Crippen molar-refractivity contribution in [2.75, 3.05) is 19.1 Å². The van der Waals surface area contributed by atoms with Crippen molar-refractivity contribution >= 4 is 22.5 Å². The number of pyridine rings is 1. The number of amides is 1. The van der Waals surface area contributed by atoms with E-state index in [9.17, 15) is 9.59 Å². The van der Waals surface area contributed by atoms with Gasteiger partial charge < -0.3 is 14.6 Å². The molecular formula is C18H16N2O3. The number of methoxy groups -OCH3 is 1. The minimum absolute atomic E-state index is 0.00227. The number of hydrogen-bond acceptors (Lipinski definition) is 3. The molecule has 0 atom stereocenters. The first-order valence-corrected chi connectivity index (χ1v) is 7.15. The highest BCUT2D eigenvalue weighted by Crippen LogP contribution is 2.27. The van der Waals surface area contributed by atoms with Crippen molar-refractivity contribution in [1.82, 2.24) is 4.98 Å². The maximum Gasteiger partial charge on any atom is 0.267 e. The fraction of sp³-hybridized carbons (Fsp3) is 0.111. The molecule has 23 heavy (non-hydrogen) atoms. The summed E-state index contributed by atoms with van der Waals surface area (Å²) in [4.78, 5) is 29.4. The molecular weight excluding hydrogens is 292 g/mol. The molecule has 2 aromatic carbocycles. The van der Waals surface area contributed by atoms with Crippen LogP contribution in [0.15, 0.2) is 59.4 Å². The average molecular weight is 308 g/mol. The van der Waals surface area contributed by atoms with E-state index >= 15 is 0 Å². The predicted molar refractivity (Wildman–Crippen MR) is 90.3 cm³/mol. The van der Waals surface area contributed by atoms with Crippen molar-refractivity contribution in [2.45, 2.75) is 0 Å². The Balaban J connectivity index is 2.17. The lowest BCUT2D eigenvalue weighted by Gasteiger charge is -2.19. The van der Waals surface area contributed by atoms with Gasteiger partial charge in [-0.15, -0.1) is 0 Å². The largest absolute Gasteiger partial charge is 0.495 e. The number of hydrogen-bond donors (Lipinski definition) is 1. The average Bonchev–Trinajstić information content (AvgIpc) is 2.60. The highest BCUT2D eigenvalue weighted by Gasteiger charge is 2.23. The van der Waals surface area contributed by atoms with Gasteiger partial charge in [-0.1, -0.05) is 30.3 Å². The summed E-state index contributed by atoms with van der Waals surface area (Å²) in [5.74, 6) is -0.128. The Kier molecular flexibility index (Phi) is 3.85. The molecule has 1 aromatic heterocycles. The first kappa shape index (κ1) is 14.8. The summed E-state index contributed by atoms with van der Waals surface area (Å²) < 4.78 is 5.38. The van der Waals surface area contributed by atoms with Crippen molar-refractivity contribution in [3.8, 4) is 5.75 Å². The maximum absolute atomic E-state index is 12.8. The van der Waals surface area contributed by atoms with E-state index in [1.165, 1.54) is 12.0 Å². The molecule has 1 amide bonds. The summed E-state index contributed by atoms with van der Waals surface area (Å²) in [6, 6.07) is 16.4. The molecule has 0 aliphatic heterocycles. The molecule has 0 spiro atoms. The lowest BCUT2D eigenvalue weighted by molar-refractivity contribution is 0.0989. The fourth-order valence-corrected chi connectivity index (χ4v) is 2.56. The van der Waals surface area contributed by atoms with Gasteiger partial charge in [0, 0.05) is 18.1 Å². The molecule has 0 unspecified atom stereocenters. The minimum atomic E-state index is -0.465. The second-order valence-electron chi connectivity index (χ2n) is 5.11. The quantitative estimate of drug-likeness (QED) is 0.809. The third-order valence-corrected chi connectivity index (χ3v) is 3.74. The van der Waals surface area contributed by atoms with Gasteiger partial charge in [0.1, 0.15) is 11.3 Å². The molecule has 0 bridgehead atoms. The Morgan fingerprint density at radius 3 is 2.39 bits per heavy atom. The SMILES string of the molecule is COc1c(C(=O)N(C)c2ccccc2)c(=O)[nH]c2ccccc12. The van der Waals surface area contributed by atoms with Gasteiger partial charge in [0.2, 0.25) is 0 Å². The highest BCUT2D eigenvalue weighted by molar-refractivity contribution is 6.10. The normalized spacial score (nSPS) is 10.5. The Morgan fingerprint density at radius 2 is 1.70 bits per heavy atom. The van der Waals surface area contributed by atoms with E-state index in [2.05, 4.69) is 4.98 Å². The van der Waals surface area contributed by atoms with Crippen LogP contribution in [0.4, 0.5) is 5.69 Å². The molecule has 5 nitrogen and oxygen atoms in total. The number of ether oxygens (including phenoxy) is 1. The second kappa shape index (κ2) is 5.96. The lowest BCUT2D eigenvalue weighted by Crippen LogP contribution is -2.32. The van der Waals surface area contributed by atoms with Crippen LogP contribution in [0, 0.1) is 0 Å². The Morgan fingerprint density at radius 1 is 1.04 bits per heavy atom. The molecule has 116 valence electrons. The minimum Gasteiger partial charge on any atom is -0.495 e. The Labute approximate surface area is 133 Å². The van der Waals surface area contributed by atoms with E-state index in [-0.39, 0.29) is 11.3 Å². The van der Waals surface area contributed by atoms with Gasteiger partial charge >= 0.3 is 0 Å². The standard InChI is InChI=1S/C18H16N2O3/c1-20(12-8-4-3-5-9-12)18(22)15-16(23-2)13-10-6-7-11-14(13)19-17(15)21/h3-11H,1-2H3,(H,19,21). The Hall–Kier alpha value is -3.08. The summed E-state index contributed by atoms with van der Waals surface area (Å²) in [5, 5.41) is 0.694. The zero-order chi connectivity index (χ0) is 16.4. The number of para-hydroxylation sites is 2. The number of carbonyl (C=O) groups is 1. The zero-order valence-corrected chi connectivity index (χ0v) is 12.9. The van der Waals surface area contributed by atoms with Gasteiger partial charge in [-0.25, -0.2) is 0 Å². The smallest absolute Gasteiger partial charge is 0.267 e. The maximum atomic E-state index is 12.8. The van der Waals surface area contributed by atoms with Crippen LogP contribution in [0.1, 0.15) is 10.4 Å². The van der Waals surface area contributed by atoms with Crippen LogP contribution in [0.2, 0.25) is 0 Å². The van der Waals surface area contributed by atoms with Gasteiger partial charge in [-0.2, -0.15) is 0 Å². The monoisotopic (exact) mass is 308 g/mol. The van der Waals surface area contributed by atoms with Crippen molar-refractivity contribution in [3.05, 3.63) is 70.5 Å². The molecule has 0 aliphatic carbocycles. The molecule has 0 aliphatic rings. The zero-order valence-electron chi connectivity index (χ0n) is 12.9. The summed E-state index contributed by atoms with van der Waals surface area (Å²) in [5.41, 5.74) is 0.867. The van der Waals surface area contributed by atoms with Crippen LogP contribution in [0.25, 0.3) is 10.9 Å². The lowest BCUT2D eigenvalue weighted by atomic mass is 10.1. The van der Waals surface area contributed by atoms with Crippen LogP contribution < -0.4 is 15.2 Å². The topological polar surface area (TPSA) is 62.4 Å². The van der Waals surface area contributed by atoms with Gasteiger partial charge in [-0.3, -0.25) is 9.59 Å².